The highest BCUT2D eigenvalue weighted by molar-refractivity contribution is 7.88. The normalized spacial score (nSPS) is 13.4. The monoisotopic (exact) mass is 520 g/mol. The van der Waals surface area contributed by atoms with Crippen molar-refractivity contribution in [2.24, 2.45) is 0 Å². The Morgan fingerprint density at radius 2 is 1.30 bits per heavy atom. The molecular weight excluding hydrogens is 506 g/mol. The molecule has 0 atom stereocenters. The van der Waals surface area contributed by atoms with E-state index in [1.807, 2.05) is 0 Å². The molecule has 0 saturated heterocycles. The van der Waals surface area contributed by atoms with Gasteiger partial charge in [-0.2, -0.15) is 43.2 Å². The van der Waals surface area contributed by atoms with Crippen molar-refractivity contribution in [2.75, 3.05) is 0 Å². The van der Waals surface area contributed by atoms with Gasteiger partial charge in [0.05, 0.1) is 0 Å². The Morgan fingerprint density at radius 3 is 1.76 bits per heavy atom. The summed E-state index contributed by atoms with van der Waals surface area (Å²) in [7, 11) is -14.0. The first-order valence-electron chi connectivity index (χ1n) is 8.45. The van der Waals surface area contributed by atoms with Gasteiger partial charge in [0.2, 0.25) is 0 Å². The maximum Gasteiger partial charge on any atom is 0.450 e. The van der Waals surface area contributed by atoms with E-state index in [-0.39, 0.29) is 6.61 Å². The number of rotatable bonds is 10. The van der Waals surface area contributed by atoms with Crippen LogP contribution in [0.25, 0.3) is 6.08 Å². The van der Waals surface area contributed by atoms with E-state index in [0.29, 0.717) is 11.3 Å². The Morgan fingerprint density at radius 1 is 0.818 bits per heavy atom. The molecule has 2 rings (SSSR count). The van der Waals surface area contributed by atoms with Gasteiger partial charge in [-0.15, -0.1) is 0 Å². The Hall–Kier alpha value is -2.78. The van der Waals surface area contributed by atoms with E-state index < -0.39 is 42.4 Å². The molecule has 0 aliphatic carbocycles. The predicted octanol–water partition coefficient (Wildman–Crippen LogP) is 4.33. The summed E-state index contributed by atoms with van der Waals surface area (Å²) in [5.74, 6) is -7.62. The van der Waals surface area contributed by atoms with Gasteiger partial charge in [0.15, 0.2) is 0 Å². The lowest BCUT2D eigenvalue weighted by Crippen LogP contribution is -2.61. The predicted molar refractivity (Wildman–Crippen MR) is 103 cm³/mol. The molecule has 182 valence electrons. The van der Waals surface area contributed by atoms with E-state index in [1.54, 1.807) is 30.3 Å². The Bertz CT molecular complexity index is 1210. The fraction of sp³-hybridized carbons (Fsp3) is 0.222. The largest absolute Gasteiger partial charge is 0.489 e. The van der Waals surface area contributed by atoms with E-state index in [0.717, 1.165) is 29.8 Å². The number of halogens is 6. The van der Waals surface area contributed by atoms with Crippen LogP contribution in [0.2, 0.25) is 0 Å². The summed E-state index contributed by atoms with van der Waals surface area (Å²) in [5, 5.41) is -13.6. The first-order chi connectivity index (χ1) is 15.0. The molecule has 0 bridgehead atoms. The van der Waals surface area contributed by atoms with E-state index in [2.05, 4.69) is 10.8 Å². The van der Waals surface area contributed by atoms with Gasteiger partial charge >= 0.3 is 36.7 Å². The average Bonchev–Trinajstić information content (AvgIpc) is 2.72. The van der Waals surface area contributed by atoms with Crippen molar-refractivity contribution in [1.29, 1.82) is 0 Å². The third-order valence-electron chi connectivity index (χ3n) is 4.02. The zero-order chi connectivity index (χ0) is 25.3. The van der Waals surface area contributed by atoms with Gasteiger partial charge in [-0.25, -0.2) is 0 Å². The molecule has 0 unspecified atom stereocenters. The number of benzene rings is 2. The SMILES string of the molecule is C=Cc1ccc(OCc2ccc(OS(=O)(=O)C(F)(F)C(F)(F)C(F)(F)S(=O)(=O)O)cc2)cc1. The van der Waals surface area contributed by atoms with Crippen molar-refractivity contribution in [2.45, 2.75) is 23.0 Å². The zero-order valence-electron chi connectivity index (χ0n) is 16.1. The molecule has 7 nitrogen and oxygen atoms in total. The molecule has 0 radical (unpaired) electrons. The van der Waals surface area contributed by atoms with Gasteiger partial charge in [-0.3, -0.25) is 4.55 Å². The molecule has 0 aliphatic rings. The lowest BCUT2D eigenvalue weighted by atomic mass is 10.2. The lowest BCUT2D eigenvalue weighted by molar-refractivity contribution is -0.247. The average molecular weight is 520 g/mol. The van der Waals surface area contributed by atoms with Crippen LogP contribution in [-0.2, 0) is 26.8 Å². The Kier molecular flexibility index (Phi) is 7.12. The zero-order valence-corrected chi connectivity index (χ0v) is 17.7. The summed E-state index contributed by atoms with van der Waals surface area (Å²) < 4.78 is 142. The van der Waals surface area contributed by atoms with Crippen LogP contribution in [0.15, 0.2) is 55.1 Å². The highest BCUT2D eigenvalue weighted by Gasteiger charge is 2.83. The summed E-state index contributed by atoms with van der Waals surface area (Å²) in [6.07, 6.45) is 1.60. The van der Waals surface area contributed by atoms with Gasteiger partial charge in [0, 0.05) is 0 Å². The summed E-state index contributed by atoms with van der Waals surface area (Å²) in [6.45, 7) is 3.49. The van der Waals surface area contributed by atoms with Crippen LogP contribution >= 0.6 is 0 Å². The molecular formula is C18H14F6O7S2. The third kappa shape index (κ3) is 5.09. The van der Waals surface area contributed by atoms with Crippen LogP contribution in [0.5, 0.6) is 11.5 Å². The van der Waals surface area contributed by atoms with Crippen molar-refractivity contribution < 1.29 is 56.7 Å². The second-order valence-corrected chi connectivity index (χ2v) is 9.38. The molecule has 15 heteroatoms. The molecule has 1 N–H and O–H groups in total. The maximum absolute atomic E-state index is 13.8. The van der Waals surface area contributed by atoms with E-state index in [9.17, 15) is 43.2 Å². The van der Waals surface area contributed by atoms with Crippen LogP contribution < -0.4 is 8.92 Å². The second kappa shape index (κ2) is 8.87. The standard InChI is InChI=1S/C18H14F6O7S2/c1-2-12-3-7-14(8-4-12)30-11-13-5-9-15(10-6-13)31-33(28,29)18(23,24)16(19,20)17(21,22)32(25,26)27/h2-10H,1,11H2,(H,25,26,27). The van der Waals surface area contributed by atoms with Crippen molar-refractivity contribution in [3.8, 4) is 11.5 Å². The summed E-state index contributed by atoms with van der Waals surface area (Å²) in [5.41, 5.74) is 1.17. The lowest BCUT2D eigenvalue weighted by Gasteiger charge is -2.29. The minimum Gasteiger partial charge on any atom is -0.489 e. The quantitative estimate of drug-likeness (QED) is 0.282. The van der Waals surface area contributed by atoms with Gasteiger partial charge in [0.25, 0.3) is 0 Å². The minimum absolute atomic E-state index is 0.0880. The summed E-state index contributed by atoms with van der Waals surface area (Å²) in [6, 6.07) is 10.3. The molecule has 2 aromatic rings. The van der Waals surface area contributed by atoms with Crippen molar-refractivity contribution >= 4 is 26.3 Å². The van der Waals surface area contributed by atoms with Crippen LogP contribution in [0, 0.1) is 0 Å². The van der Waals surface area contributed by atoms with Gasteiger partial charge in [0.1, 0.15) is 18.1 Å². The smallest absolute Gasteiger partial charge is 0.450 e. The molecule has 0 heterocycles. The van der Waals surface area contributed by atoms with E-state index in [1.165, 1.54) is 0 Å². The first kappa shape index (κ1) is 26.5. The van der Waals surface area contributed by atoms with Gasteiger partial charge < -0.3 is 8.92 Å². The van der Waals surface area contributed by atoms with E-state index in [4.69, 9.17) is 9.29 Å². The molecule has 0 aromatic heterocycles. The summed E-state index contributed by atoms with van der Waals surface area (Å²) in [4.78, 5) is 0. The molecule has 0 spiro atoms. The molecule has 0 amide bonds. The number of ether oxygens (including phenoxy) is 1. The van der Waals surface area contributed by atoms with Gasteiger partial charge in [-0.05, 0) is 35.4 Å². The topological polar surface area (TPSA) is 107 Å². The molecule has 0 saturated carbocycles. The molecule has 0 fully saturated rings. The number of hydrogen-bond donors (Lipinski definition) is 1. The highest BCUT2D eigenvalue weighted by atomic mass is 32.2. The molecule has 33 heavy (non-hydrogen) atoms. The van der Waals surface area contributed by atoms with Crippen LogP contribution in [-0.4, -0.2) is 37.8 Å². The van der Waals surface area contributed by atoms with Gasteiger partial charge in [-0.1, -0.05) is 36.9 Å². The van der Waals surface area contributed by atoms with Crippen LogP contribution in [0.4, 0.5) is 26.3 Å². The Labute approximate surface area is 184 Å². The first-order valence-corrected chi connectivity index (χ1v) is 11.3. The fourth-order valence-corrected chi connectivity index (χ4v) is 3.60. The van der Waals surface area contributed by atoms with Crippen molar-refractivity contribution in [3.63, 3.8) is 0 Å². The second-order valence-electron chi connectivity index (χ2n) is 6.33. The Balaban J connectivity index is 2.17. The van der Waals surface area contributed by atoms with Crippen molar-refractivity contribution in [3.05, 3.63) is 66.2 Å². The number of hydrogen-bond acceptors (Lipinski definition) is 6. The van der Waals surface area contributed by atoms with Crippen LogP contribution in [0.1, 0.15) is 11.1 Å². The highest BCUT2D eigenvalue weighted by Crippen LogP contribution is 2.50. The van der Waals surface area contributed by atoms with Crippen molar-refractivity contribution in [1.82, 2.24) is 0 Å². The van der Waals surface area contributed by atoms with E-state index >= 15 is 0 Å². The number of alkyl halides is 6. The third-order valence-corrected chi connectivity index (χ3v) is 6.22. The minimum atomic E-state index is -7.12. The molecule has 0 aliphatic heterocycles. The maximum atomic E-state index is 13.8. The molecule has 2 aromatic carbocycles. The summed E-state index contributed by atoms with van der Waals surface area (Å²) >= 11 is 0. The van der Waals surface area contributed by atoms with Crippen LogP contribution in [0.3, 0.4) is 0 Å². The fourth-order valence-electron chi connectivity index (χ4n) is 2.18.